The van der Waals surface area contributed by atoms with E-state index >= 15 is 0 Å². The van der Waals surface area contributed by atoms with Crippen LogP contribution in [0, 0.1) is 0 Å². The van der Waals surface area contributed by atoms with Gasteiger partial charge in [-0.2, -0.15) is 0 Å². The molecule has 0 radical (unpaired) electrons. The molecule has 0 aromatic rings. The van der Waals surface area contributed by atoms with Gasteiger partial charge in [0, 0.05) is 21.0 Å². The molecule has 0 aliphatic carbocycles. The minimum atomic E-state index is -0.161. The molecule has 0 unspecified atom stereocenters. The Kier molecular flexibility index (Phi) is 3.95. The number of nitrogens with one attached hydrogen (secondary N) is 1. The Morgan fingerprint density at radius 2 is 2.18 bits per heavy atom. The predicted molar refractivity (Wildman–Crippen MR) is 45.1 cm³/mol. The Hall–Kier alpha value is -1.32. The fourth-order valence-corrected chi connectivity index (χ4v) is 0.421. The first-order chi connectivity index (χ1) is 5.02. The smallest absolute Gasteiger partial charge is 0.222 e. The van der Waals surface area contributed by atoms with Gasteiger partial charge in [-0.05, 0) is 0 Å². The summed E-state index contributed by atoms with van der Waals surface area (Å²) in [5.41, 5.74) is 0. The molecule has 1 amide bonds. The highest BCUT2D eigenvalue weighted by Gasteiger charge is 1.90. The van der Waals surface area contributed by atoms with Crippen molar-refractivity contribution in [2.75, 3.05) is 14.1 Å². The normalized spacial score (nSPS) is 9.73. The van der Waals surface area contributed by atoms with Gasteiger partial charge in [-0.3, -0.25) is 4.79 Å². The van der Waals surface area contributed by atoms with Gasteiger partial charge < -0.3 is 10.2 Å². The maximum absolute atomic E-state index is 10.4. The summed E-state index contributed by atoms with van der Waals surface area (Å²) in [5, 5.41) is 2.44. The van der Waals surface area contributed by atoms with Crippen molar-refractivity contribution in [1.82, 2.24) is 10.2 Å². The van der Waals surface area contributed by atoms with Crippen molar-refractivity contribution in [3.63, 3.8) is 0 Å². The fraction of sp³-hybridized carbons (Fsp3) is 0.429. The van der Waals surface area contributed by atoms with E-state index in [2.05, 4.69) is 16.9 Å². The molecule has 0 heterocycles. The highest BCUT2D eigenvalue weighted by atomic mass is 16.1. The topological polar surface area (TPSA) is 44.7 Å². The molecule has 0 aliphatic heterocycles. The van der Waals surface area contributed by atoms with Gasteiger partial charge in [0.1, 0.15) is 5.82 Å². The number of amides is 1. The SMILES string of the molecule is C=C(/N=C\N(C)C)NC(C)=O. The second-order valence-electron chi connectivity index (χ2n) is 2.34. The van der Waals surface area contributed by atoms with Gasteiger partial charge in [-0.25, -0.2) is 4.99 Å². The number of rotatable bonds is 3. The van der Waals surface area contributed by atoms with Crippen molar-refractivity contribution in [2.24, 2.45) is 4.99 Å². The van der Waals surface area contributed by atoms with Crippen LogP contribution in [0.5, 0.6) is 0 Å². The lowest BCUT2D eigenvalue weighted by molar-refractivity contribution is -0.118. The van der Waals surface area contributed by atoms with Crippen molar-refractivity contribution >= 4 is 12.2 Å². The Morgan fingerprint density at radius 1 is 1.64 bits per heavy atom. The molecule has 0 aromatic heterocycles. The molecular formula is C7H13N3O. The molecule has 11 heavy (non-hydrogen) atoms. The third-order valence-corrected chi connectivity index (χ3v) is 0.765. The Bertz CT molecular complexity index is 184. The van der Waals surface area contributed by atoms with Gasteiger partial charge in [0.25, 0.3) is 0 Å². The third-order valence-electron chi connectivity index (χ3n) is 0.765. The molecule has 0 bridgehead atoms. The summed E-state index contributed by atoms with van der Waals surface area (Å²) in [6.07, 6.45) is 1.57. The lowest BCUT2D eigenvalue weighted by atomic mass is 10.6. The first kappa shape index (κ1) is 9.68. The van der Waals surface area contributed by atoms with E-state index in [0.717, 1.165) is 0 Å². The van der Waals surface area contributed by atoms with Crippen molar-refractivity contribution in [2.45, 2.75) is 6.92 Å². The summed E-state index contributed by atoms with van der Waals surface area (Å²) in [6, 6.07) is 0. The summed E-state index contributed by atoms with van der Waals surface area (Å²) in [6.45, 7) is 4.92. The molecule has 0 spiro atoms. The molecule has 4 nitrogen and oxygen atoms in total. The van der Waals surface area contributed by atoms with E-state index in [4.69, 9.17) is 0 Å². The zero-order valence-corrected chi connectivity index (χ0v) is 7.09. The number of carbonyl (C=O) groups excluding carboxylic acids is 1. The van der Waals surface area contributed by atoms with E-state index in [9.17, 15) is 4.79 Å². The van der Waals surface area contributed by atoms with Gasteiger partial charge in [0.15, 0.2) is 0 Å². The van der Waals surface area contributed by atoms with Crippen LogP contribution in [0.4, 0.5) is 0 Å². The summed E-state index contributed by atoms with van der Waals surface area (Å²) in [7, 11) is 3.68. The Balaban J connectivity index is 3.78. The number of hydrogen-bond donors (Lipinski definition) is 1. The standard InChI is InChI=1S/C7H13N3O/c1-6(9-7(2)11)8-5-10(3)4/h5H,1H2,2-4H3,(H,9,11)/b8-5-. The quantitative estimate of drug-likeness (QED) is 0.467. The number of carbonyl (C=O) groups is 1. The molecule has 0 saturated carbocycles. The van der Waals surface area contributed by atoms with Gasteiger partial charge in [0.2, 0.25) is 5.91 Å². The second-order valence-corrected chi connectivity index (χ2v) is 2.34. The molecule has 0 atom stereocenters. The monoisotopic (exact) mass is 155 g/mol. The minimum absolute atomic E-state index is 0.161. The van der Waals surface area contributed by atoms with E-state index in [1.54, 1.807) is 11.2 Å². The maximum atomic E-state index is 10.4. The summed E-state index contributed by atoms with van der Waals surface area (Å²) in [4.78, 5) is 16.0. The van der Waals surface area contributed by atoms with E-state index in [-0.39, 0.29) is 5.91 Å². The van der Waals surface area contributed by atoms with Gasteiger partial charge >= 0.3 is 0 Å². The fourth-order valence-electron chi connectivity index (χ4n) is 0.421. The van der Waals surface area contributed by atoms with Crippen molar-refractivity contribution in [1.29, 1.82) is 0 Å². The first-order valence-corrected chi connectivity index (χ1v) is 3.19. The molecular weight excluding hydrogens is 142 g/mol. The average Bonchev–Trinajstić information content (AvgIpc) is 1.82. The van der Waals surface area contributed by atoms with E-state index in [0.29, 0.717) is 5.82 Å². The maximum Gasteiger partial charge on any atom is 0.222 e. The molecule has 0 rings (SSSR count). The van der Waals surface area contributed by atoms with Gasteiger partial charge in [0.05, 0.1) is 6.34 Å². The first-order valence-electron chi connectivity index (χ1n) is 3.19. The zero-order valence-electron chi connectivity index (χ0n) is 7.09. The molecule has 0 aliphatic rings. The Morgan fingerprint density at radius 3 is 2.55 bits per heavy atom. The summed E-state index contributed by atoms with van der Waals surface area (Å²) >= 11 is 0. The predicted octanol–water partition coefficient (Wildman–Crippen LogP) is 0.184. The summed E-state index contributed by atoms with van der Waals surface area (Å²) < 4.78 is 0. The van der Waals surface area contributed by atoms with Crippen LogP contribution >= 0.6 is 0 Å². The molecule has 0 saturated heterocycles. The highest BCUT2D eigenvalue weighted by Crippen LogP contribution is 1.83. The minimum Gasteiger partial charge on any atom is -0.369 e. The van der Waals surface area contributed by atoms with Crippen LogP contribution in [-0.2, 0) is 4.79 Å². The van der Waals surface area contributed by atoms with Crippen molar-refractivity contribution in [3.8, 4) is 0 Å². The Labute approximate surface area is 66.6 Å². The zero-order chi connectivity index (χ0) is 8.85. The number of hydrogen-bond acceptors (Lipinski definition) is 2. The molecule has 0 aromatic carbocycles. The largest absolute Gasteiger partial charge is 0.369 e. The lowest BCUT2D eigenvalue weighted by Gasteiger charge is -2.03. The van der Waals surface area contributed by atoms with Crippen LogP contribution in [-0.4, -0.2) is 31.2 Å². The highest BCUT2D eigenvalue weighted by molar-refractivity contribution is 5.75. The van der Waals surface area contributed by atoms with Crippen LogP contribution in [0.2, 0.25) is 0 Å². The summed E-state index contributed by atoms with van der Waals surface area (Å²) in [5.74, 6) is 0.192. The molecule has 4 heteroatoms. The van der Waals surface area contributed by atoms with Crippen LogP contribution in [0.25, 0.3) is 0 Å². The van der Waals surface area contributed by atoms with E-state index in [1.165, 1.54) is 6.92 Å². The van der Waals surface area contributed by atoms with Crippen LogP contribution in [0.15, 0.2) is 17.4 Å². The van der Waals surface area contributed by atoms with Crippen molar-refractivity contribution in [3.05, 3.63) is 12.4 Å². The number of nitrogens with zero attached hydrogens (tertiary/aromatic N) is 2. The second kappa shape index (κ2) is 4.49. The van der Waals surface area contributed by atoms with Crippen LogP contribution in [0.1, 0.15) is 6.92 Å². The van der Waals surface area contributed by atoms with E-state index < -0.39 is 0 Å². The van der Waals surface area contributed by atoms with Crippen molar-refractivity contribution < 1.29 is 4.79 Å². The van der Waals surface area contributed by atoms with E-state index in [1.807, 2.05) is 14.1 Å². The van der Waals surface area contributed by atoms with Gasteiger partial charge in [-0.1, -0.05) is 6.58 Å². The number of aliphatic imine (C=N–C) groups is 1. The molecule has 0 fully saturated rings. The molecule has 62 valence electrons. The lowest BCUT2D eigenvalue weighted by Crippen LogP contribution is -2.18. The average molecular weight is 155 g/mol. The van der Waals surface area contributed by atoms with Crippen LogP contribution in [0.3, 0.4) is 0 Å². The van der Waals surface area contributed by atoms with Crippen LogP contribution < -0.4 is 5.32 Å². The third kappa shape index (κ3) is 6.57. The van der Waals surface area contributed by atoms with Gasteiger partial charge in [-0.15, -0.1) is 0 Å². The molecule has 1 N–H and O–H groups in total.